The number of allylic oxidation sites excluding steroid dienone is 1. The van der Waals surface area contributed by atoms with E-state index >= 15 is 0 Å². The number of hydrogen-bond donors (Lipinski definition) is 3. The molecule has 30 heavy (non-hydrogen) atoms. The number of H-pyrrole nitrogens is 1. The lowest BCUT2D eigenvalue weighted by atomic mass is 10.0. The standard InChI is InChI=1S/C22H13N3O5/c23-11-15(20-24-17-3-1-2-4-18(17)25-20)10-16-5-6-19(30-16)12-7-13(21(26)27)9-14(8-12)22(28)29/h1-10H,(H,24,25)(H,26,27)(H,28,29)/b15-10-. The molecule has 4 aromatic rings. The molecule has 0 atom stereocenters. The topological polar surface area (TPSA) is 140 Å². The van der Waals surface area contributed by atoms with Gasteiger partial charge in [-0.25, -0.2) is 14.6 Å². The van der Waals surface area contributed by atoms with Crippen LogP contribution in [-0.2, 0) is 0 Å². The number of aromatic amines is 1. The van der Waals surface area contributed by atoms with Crippen molar-refractivity contribution in [3.63, 3.8) is 0 Å². The van der Waals surface area contributed by atoms with Crippen LogP contribution < -0.4 is 0 Å². The van der Waals surface area contributed by atoms with Crippen LogP contribution in [0.1, 0.15) is 32.3 Å². The van der Waals surface area contributed by atoms with Gasteiger partial charge in [0.25, 0.3) is 0 Å². The summed E-state index contributed by atoms with van der Waals surface area (Å²) in [7, 11) is 0. The Labute approximate surface area is 169 Å². The van der Waals surface area contributed by atoms with Gasteiger partial charge >= 0.3 is 11.9 Å². The minimum atomic E-state index is -1.25. The Bertz CT molecular complexity index is 1310. The predicted octanol–water partition coefficient (Wildman–Crippen LogP) is 4.28. The number of carboxylic acid groups (broad SMARTS) is 2. The van der Waals surface area contributed by atoms with E-state index in [9.17, 15) is 25.1 Å². The molecule has 0 saturated heterocycles. The van der Waals surface area contributed by atoms with Crippen LogP contribution in [0.2, 0.25) is 0 Å². The second-order valence-electron chi connectivity index (χ2n) is 6.38. The highest BCUT2D eigenvalue weighted by Gasteiger charge is 2.15. The van der Waals surface area contributed by atoms with Gasteiger partial charge in [0.05, 0.1) is 27.7 Å². The largest absolute Gasteiger partial charge is 0.478 e. The molecule has 0 radical (unpaired) electrons. The Hall–Kier alpha value is -4.64. The monoisotopic (exact) mass is 399 g/mol. The van der Waals surface area contributed by atoms with Gasteiger partial charge in [-0.2, -0.15) is 5.26 Å². The van der Waals surface area contributed by atoms with Gasteiger partial charge in [0.15, 0.2) is 0 Å². The smallest absolute Gasteiger partial charge is 0.335 e. The molecule has 0 unspecified atom stereocenters. The summed E-state index contributed by atoms with van der Waals surface area (Å²) in [6.07, 6.45) is 1.50. The number of carboxylic acids is 2. The summed E-state index contributed by atoms with van der Waals surface area (Å²) in [5.41, 5.74) is 1.73. The van der Waals surface area contributed by atoms with Gasteiger partial charge in [-0.15, -0.1) is 0 Å². The van der Waals surface area contributed by atoms with Crippen molar-refractivity contribution in [3.8, 4) is 17.4 Å². The number of hydrogen-bond acceptors (Lipinski definition) is 5. The van der Waals surface area contributed by atoms with E-state index in [2.05, 4.69) is 16.0 Å². The third kappa shape index (κ3) is 3.55. The van der Waals surface area contributed by atoms with E-state index < -0.39 is 11.9 Å². The molecule has 8 nitrogen and oxygen atoms in total. The van der Waals surface area contributed by atoms with Crippen LogP contribution in [0.5, 0.6) is 0 Å². The molecular formula is C22H13N3O5. The van der Waals surface area contributed by atoms with Crippen LogP contribution in [0.3, 0.4) is 0 Å². The van der Waals surface area contributed by atoms with E-state index in [1.165, 1.54) is 18.2 Å². The summed E-state index contributed by atoms with van der Waals surface area (Å²) in [6, 6.07) is 16.4. The second kappa shape index (κ2) is 7.41. The van der Waals surface area contributed by atoms with E-state index in [4.69, 9.17) is 4.42 Å². The predicted molar refractivity (Wildman–Crippen MR) is 108 cm³/mol. The number of rotatable bonds is 5. The number of imidazole rings is 1. The summed E-state index contributed by atoms with van der Waals surface area (Å²) in [5, 5.41) is 28.0. The quantitative estimate of drug-likeness (QED) is 0.425. The molecule has 8 heteroatoms. The fourth-order valence-corrected chi connectivity index (χ4v) is 2.98. The third-order valence-corrected chi connectivity index (χ3v) is 4.39. The Morgan fingerprint density at radius 3 is 2.37 bits per heavy atom. The second-order valence-corrected chi connectivity index (χ2v) is 6.38. The number of para-hydroxylation sites is 2. The van der Waals surface area contributed by atoms with Crippen molar-refractivity contribution in [2.45, 2.75) is 0 Å². The summed E-state index contributed by atoms with van der Waals surface area (Å²) in [5.74, 6) is -1.50. The first-order valence-corrected chi connectivity index (χ1v) is 8.73. The molecule has 0 aliphatic rings. The number of benzene rings is 2. The average molecular weight is 399 g/mol. The zero-order chi connectivity index (χ0) is 21.3. The number of aromatic carboxylic acids is 2. The molecule has 0 aliphatic heterocycles. The molecule has 0 saturated carbocycles. The summed E-state index contributed by atoms with van der Waals surface area (Å²) in [4.78, 5) is 30.1. The Morgan fingerprint density at radius 1 is 1.03 bits per heavy atom. The zero-order valence-electron chi connectivity index (χ0n) is 15.3. The lowest BCUT2D eigenvalue weighted by Gasteiger charge is -2.03. The first-order chi connectivity index (χ1) is 14.4. The van der Waals surface area contributed by atoms with E-state index in [0.29, 0.717) is 17.1 Å². The lowest BCUT2D eigenvalue weighted by Crippen LogP contribution is -2.02. The van der Waals surface area contributed by atoms with Crippen molar-refractivity contribution in [2.75, 3.05) is 0 Å². The molecule has 0 spiro atoms. The molecule has 0 aliphatic carbocycles. The molecule has 0 fully saturated rings. The lowest BCUT2D eigenvalue weighted by molar-refractivity contribution is 0.0696. The first-order valence-electron chi connectivity index (χ1n) is 8.73. The number of nitrogens with one attached hydrogen (secondary N) is 1. The maximum absolute atomic E-state index is 11.3. The minimum absolute atomic E-state index is 0.168. The number of fused-ring (bicyclic) bond motifs is 1. The van der Waals surface area contributed by atoms with Crippen LogP contribution >= 0.6 is 0 Å². The van der Waals surface area contributed by atoms with Crippen LogP contribution in [0.25, 0.3) is 34.0 Å². The zero-order valence-corrected chi connectivity index (χ0v) is 15.3. The van der Waals surface area contributed by atoms with Gasteiger partial charge in [0, 0.05) is 11.6 Å². The normalized spacial score (nSPS) is 11.4. The number of nitriles is 1. The molecule has 2 heterocycles. The van der Waals surface area contributed by atoms with E-state index in [0.717, 1.165) is 17.1 Å². The average Bonchev–Trinajstić information content (AvgIpc) is 3.38. The van der Waals surface area contributed by atoms with Gasteiger partial charge in [-0.3, -0.25) is 0 Å². The van der Waals surface area contributed by atoms with Gasteiger partial charge in [0.1, 0.15) is 23.4 Å². The first kappa shape index (κ1) is 18.7. The van der Waals surface area contributed by atoms with Crippen LogP contribution in [0.15, 0.2) is 59.0 Å². The van der Waals surface area contributed by atoms with E-state index in [1.807, 2.05) is 24.3 Å². The molecule has 0 amide bonds. The fraction of sp³-hybridized carbons (Fsp3) is 0. The van der Waals surface area contributed by atoms with Crippen molar-refractivity contribution in [1.82, 2.24) is 9.97 Å². The highest BCUT2D eigenvalue weighted by atomic mass is 16.4. The van der Waals surface area contributed by atoms with Crippen LogP contribution in [0, 0.1) is 11.3 Å². The molecule has 0 bridgehead atoms. The number of aromatic nitrogens is 2. The summed E-state index contributed by atoms with van der Waals surface area (Å²) in [6.45, 7) is 0. The van der Waals surface area contributed by atoms with E-state index in [1.54, 1.807) is 12.1 Å². The van der Waals surface area contributed by atoms with Crippen LogP contribution in [0.4, 0.5) is 0 Å². The van der Waals surface area contributed by atoms with Gasteiger partial charge in [-0.1, -0.05) is 12.1 Å². The highest BCUT2D eigenvalue weighted by Crippen LogP contribution is 2.27. The van der Waals surface area contributed by atoms with E-state index in [-0.39, 0.29) is 22.5 Å². The third-order valence-electron chi connectivity index (χ3n) is 4.39. The SMILES string of the molecule is N#C/C(=C/c1ccc(-c2cc(C(=O)O)cc(C(=O)O)c2)o1)c1nc2ccccc2[nH]1. The van der Waals surface area contributed by atoms with Gasteiger partial charge in [0.2, 0.25) is 0 Å². The van der Waals surface area contributed by atoms with Crippen molar-refractivity contribution in [1.29, 1.82) is 5.26 Å². The summed E-state index contributed by atoms with van der Waals surface area (Å²) >= 11 is 0. The Morgan fingerprint density at radius 2 is 1.73 bits per heavy atom. The van der Waals surface area contributed by atoms with Gasteiger partial charge < -0.3 is 19.6 Å². The number of furan rings is 1. The number of carbonyl (C=O) groups is 2. The molecular weight excluding hydrogens is 386 g/mol. The maximum Gasteiger partial charge on any atom is 0.335 e. The molecule has 4 rings (SSSR count). The fourth-order valence-electron chi connectivity index (χ4n) is 2.98. The van der Waals surface area contributed by atoms with Crippen molar-refractivity contribution >= 4 is 34.6 Å². The van der Waals surface area contributed by atoms with Crippen molar-refractivity contribution in [3.05, 3.63) is 77.3 Å². The molecule has 2 aromatic carbocycles. The highest BCUT2D eigenvalue weighted by molar-refractivity contribution is 5.96. The van der Waals surface area contributed by atoms with Gasteiger partial charge in [-0.05, 0) is 42.5 Å². The van der Waals surface area contributed by atoms with Crippen molar-refractivity contribution < 1.29 is 24.2 Å². The molecule has 146 valence electrons. The maximum atomic E-state index is 11.3. The summed E-state index contributed by atoms with van der Waals surface area (Å²) < 4.78 is 5.71. The molecule has 3 N–H and O–H groups in total. The number of nitrogens with zero attached hydrogens (tertiary/aromatic N) is 2. The minimum Gasteiger partial charge on any atom is -0.478 e. The molecule has 2 aromatic heterocycles. The van der Waals surface area contributed by atoms with Crippen molar-refractivity contribution in [2.24, 2.45) is 0 Å². The Kier molecular flexibility index (Phi) is 4.62. The van der Waals surface area contributed by atoms with Crippen LogP contribution in [-0.4, -0.2) is 32.1 Å². The Balaban J connectivity index is 1.72.